The average Bonchev–Trinajstić information content (AvgIpc) is 2.84. The van der Waals surface area contributed by atoms with Gasteiger partial charge in [-0.05, 0) is 54.9 Å². The first-order valence-corrected chi connectivity index (χ1v) is 12.9. The van der Waals surface area contributed by atoms with Crippen LogP contribution in [0, 0.1) is 5.92 Å². The number of carbonyl (C=O) groups is 1. The average molecular weight is 457 g/mol. The summed E-state index contributed by atoms with van der Waals surface area (Å²) in [6.45, 7) is 3.30. The van der Waals surface area contributed by atoms with Gasteiger partial charge in [0.15, 0.2) is 0 Å². The van der Waals surface area contributed by atoms with Crippen LogP contribution in [0.3, 0.4) is 0 Å². The second-order valence-corrected chi connectivity index (χ2v) is 10.6. The highest BCUT2D eigenvalue weighted by molar-refractivity contribution is 7.89. The molecule has 0 aromatic heterocycles. The number of sulfonamides is 1. The van der Waals surface area contributed by atoms with Gasteiger partial charge < -0.3 is 9.64 Å². The maximum absolute atomic E-state index is 12.7. The van der Waals surface area contributed by atoms with Gasteiger partial charge in [0.1, 0.15) is 0 Å². The van der Waals surface area contributed by atoms with Crippen LogP contribution < -0.4 is 0 Å². The molecule has 0 radical (unpaired) electrons. The Morgan fingerprint density at radius 3 is 2.19 bits per heavy atom. The zero-order valence-corrected chi connectivity index (χ0v) is 19.3. The van der Waals surface area contributed by atoms with E-state index >= 15 is 0 Å². The van der Waals surface area contributed by atoms with Crippen molar-refractivity contribution in [3.8, 4) is 0 Å². The van der Waals surface area contributed by atoms with Gasteiger partial charge in [-0.25, -0.2) is 8.42 Å². The van der Waals surface area contributed by atoms with E-state index in [0.29, 0.717) is 50.0 Å². The summed E-state index contributed by atoms with van der Waals surface area (Å²) >= 11 is 0. The first-order valence-electron chi connectivity index (χ1n) is 11.5. The van der Waals surface area contributed by atoms with Gasteiger partial charge in [0, 0.05) is 32.6 Å². The maximum atomic E-state index is 12.7. The van der Waals surface area contributed by atoms with E-state index in [0.717, 1.165) is 37.9 Å². The van der Waals surface area contributed by atoms with Gasteiger partial charge in [0.2, 0.25) is 15.9 Å². The van der Waals surface area contributed by atoms with Gasteiger partial charge in [-0.3, -0.25) is 4.79 Å². The van der Waals surface area contributed by atoms with Crippen LogP contribution in [0.15, 0.2) is 59.5 Å². The number of carbonyl (C=O) groups excluding carboxylic acids is 1. The molecule has 7 heteroatoms. The number of hydrogen-bond donors (Lipinski definition) is 0. The number of nitrogens with zero attached hydrogens (tertiary/aromatic N) is 2. The van der Waals surface area contributed by atoms with Crippen molar-refractivity contribution in [1.82, 2.24) is 9.21 Å². The number of rotatable bonds is 7. The van der Waals surface area contributed by atoms with Gasteiger partial charge in [0.25, 0.3) is 0 Å². The van der Waals surface area contributed by atoms with Gasteiger partial charge in [-0.15, -0.1) is 0 Å². The predicted octanol–water partition coefficient (Wildman–Crippen LogP) is 3.12. The number of ether oxygens (including phenoxy) is 1. The topological polar surface area (TPSA) is 66.9 Å². The molecule has 32 heavy (non-hydrogen) atoms. The molecule has 2 saturated heterocycles. The molecule has 2 heterocycles. The molecule has 4 rings (SSSR count). The third-order valence-electron chi connectivity index (χ3n) is 6.49. The molecule has 0 bridgehead atoms. The number of likely N-dealkylation sites (tertiary alicyclic amines) is 1. The van der Waals surface area contributed by atoms with Gasteiger partial charge in [-0.2, -0.15) is 4.31 Å². The number of morpholine rings is 1. The molecule has 2 fully saturated rings. The Balaban J connectivity index is 1.24. The summed E-state index contributed by atoms with van der Waals surface area (Å²) in [5.41, 5.74) is 2.36. The fraction of sp³-hybridized carbons (Fsp3) is 0.480. The van der Waals surface area contributed by atoms with E-state index in [9.17, 15) is 13.2 Å². The molecule has 6 nitrogen and oxygen atoms in total. The Morgan fingerprint density at radius 2 is 1.53 bits per heavy atom. The lowest BCUT2D eigenvalue weighted by Gasteiger charge is -2.32. The molecular formula is C25H32N2O4S. The lowest BCUT2D eigenvalue weighted by molar-refractivity contribution is -0.132. The van der Waals surface area contributed by atoms with Crippen molar-refractivity contribution in [2.24, 2.45) is 5.92 Å². The summed E-state index contributed by atoms with van der Waals surface area (Å²) in [5, 5.41) is 0. The van der Waals surface area contributed by atoms with Crippen molar-refractivity contribution in [3.05, 3.63) is 65.7 Å². The summed E-state index contributed by atoms with van der Waals surface area (Å²) in [7, 11) is -3.48. The van der Waals surface area contributed by atoms with Crippen LogP contribution in [0.4, 0.5) is 0 Å². The summed E-state index contributed by atoms with van der Waals surface area (Å²) in [5.74, 6) is 0.829. The maximum Gasteiger partial charge on any atom is 0.243 e. The molecule has 0 atom stereocenters. The Labute approximate surface area is 191 Å². The van der Waals surface area contributed by atoms with E-state index in [1.54, 1.807) is 12.1 Å². The molecule has 0 saturated carbocycles. The third-order valence-corrected chi connectivity index (χ3v) is 8.41. The predicted molar refractivity (Wildman–Crippen MR) is 124 cm³/mol. The standard InChI is InChI=1S/C25H32N2O4S/c28-25(26-14-12-23(13-15-26)20-22-4-2-1-3-5-22)11-8-21-6-9-24(10-7-21)32(29,30)27-16-18-31-19-17-27/h1-7,9-10,23H,8,11-20H2. The summed E-state index contributed by atoms with van der Waals surface area (Å²) in [4.78, 5) is 15.0. The van der Waals surface area contributed by atoms with Gasteiger partial charge >= 0.3 is 0 Å². The minimum atomic E-state index is -3.48. The Kier molecular flexibility index (Phi) is 7.60. The van der Waals surface area contributed by atoms with Crippen LogP contribution in [0.25, 0.3) is 0 Å². The molecule has 2 aliphatic rings. The second kappa shape index (κ2) is 10.6. The monoisotopic (exact) mass is 456 g/mol. The van der Waals surface area contributed by atoms with Crippen LogP contribution in [-0.4, -0.2) is 62.9 Å². The largest absolute Gasteiger partial charge is 0.379 e. The van der Waals surface area contributed by atoms with E-state index in [-0.39, 0.29) is 5.91 Å². The van der Waals surface area contributed by atoms with Crippen LogP contribution in [0.2, 0.25) is 0 Å². The van der Waals surface area contributed by atoms with E-state index in [4.69, 9.17) is 4.74 Å². The van der Waals surface area contributed by atoms with Crippen LogP contribution in [0.1, 0.15) is 30.4 Å². The minimum Gasteiger partial charge on any atom is -0.379 e. The highest BCUT2D eigenvalue weighted by Crippen LogP contribution is 2.23. The summed E-state index contributed by atoms with van der Waals surface area (Å²) in [6, 6.07) is 17.5. The fourth-order valence-corrected chi connectivity index (χ4v) is 5.92. The summed E-state index contributed by atoms with van der Waals surface area (Å²) < 4.78 is 32.2. The van der Waals surface area contributed by atoms with E-state index < -0.39 is 10.0 Å². The van der Waals surface area contributed by atoms with Crippen LogP contribution >= 0.6 is 0 Å². The zero-order chi connectivity index (χ0) is 22.4. The Morgan fingerprint density at radius 1 is 0.875 bits per heavy atom. The quantitative estimate of drug-likeness (QED) is 0.642. The third kappa shape index (κ3) is 5.77. The molecule has 0 unspecified atom stereocenters. The Hall–Kier alpha value is -2.22. The smallest absolute Gasteiger partial charge is 0.243 e. The molecule has 2 aromatic carbocycles. The molecular weight excluding hydrogens is 424 g/mol. The van der Waals surface area contributed by atoms with Crippen molar-refractivity contribution >= 4 is 15.9 Å². The number of aryl methyl sites for hydroxylation is 1. The fourth-order valence-electron chi connectivity index (χ4n) is 4.51. The number of hydrogen-bond acceptors (Lipinski definition) is 4. The van der Waals surface area contributed by atoms with Crippen LogP contribution in [-0.2, 0) is 32.4 Å². The number of benzene rings is 2. The van der Waals surface area contributed by atoms with Crippen molar-refractivity contribution in [2.45, 2.75) is 37.0 Å². The van der Waals surface area contributed by atoms with Crippen molar-refractivity contribution in [2.75, 3.05) is 39.4 Å². The number of amides is 1. The zero-order valence-electron chi connectivity index (χ0n) is 18.5. The van der Waals surface area contributed by atoms with Crippen molar-refractivity contribution in [1.29, 1.82) is 0 Å². The Bertz CT molecular complexity index is 978. The SMILES string of the molecule is O=C(CCc1ccc(S(=O)(=O)N2CCOCC2)cc1)N1CCC(Cc2ccccc2)CC1. The molecule has 0 aliphatic carbocycles. The second-order valence-electron chi connectivity index (χ2n) is 8.67. The molecule has 2 aliphatic heterocycles. The molecule has 2 aromatic rings. The highest BCUT2D eigenvalue weighted by Gasteiger charge is 2.26. The van der Waals surface area contributed by atoms with E-state index in [1.807, 2.05) is 23.1 Å². The van der Waals surface area contributed by atoms with E-state index in [1.165, 1.54) is 9.87 Å². The van der Waals surface area contributed by atoms with Crippen molar-refractivity contribution < 1.29 is 17.9 Å². The lowest BCUT2D eigenvalue weighted by Crippen LogP contribution is -2.40. The first kappa shape index (κ1) is 23.0. The highest BCUT2D eigenvalue weighted by atomic mass is 32.2. The number of piperidine rings is 1. The lowest BCUT2D eigenvalue weighted by atomic mass is 9.90. The molecule has 172 valence electrons. The van der Waals surface area contributed by atoms with Gasteiger partial charge in [-0.1, -0.05) is 42.5 Å². The molecule has 1 amide bonds. The normalized spacial score (nSPS) is 18.6. The van der Waals surface area contributed by atoms with Gasteiger partial charge in [0.05, 0.1) is 18.1 Å². The molecule has 0 spiro atoms. The minimum absolute atomic E-state index is 0.188. The van der Waals surface area contributed by atoms with E-state index in [2.05, 4.69) is 24.3 Å². The van der Waals surface area contributed by atoms with Crippen LogP contribution in [0.5, 0.6) is 0 Å². The molecule has 0 N–H and O–H groups in total. The van der Waals surface area contributed by atoms with Crippen molar-refractivity contribution in [3.63, 3.8) is 0 Å². The summed E-state index contributed by atoms with van der Waals surface area (Å²) in [6.07, 6.45) is 4.27. The first-order chi connectivity index (χ1) is 15.5.